The molecule has 14 heavy (non-hydrogen) atoms. The van der Waals surface area contributed by atoms with E-state index in [0.29, 0.717) is 0 Å². The SMILES string of the molecule is CC(C)(C)OC(=O)NCC(=O)C(F)F. The molecular weight excluding hydrogens is 196 g/mol. The van der Waals surface area contributed by atoms with Gasteiger partial charge < -0.3 is 10.1 Å². The Kier molecular flexibility index (Phi) is 4.46. The van der Waals surface area contributed by atoms with Crippen LogP contribution in [0.2, 0.25) is 0 Å². The van der Waals surface area contributed by atoms with Crippen molar-refractivity contribution in [2.75, 3.05) is 6.54 Å². The van der Waals surface area contributed by atoms with Crippen LogP contribution in [0.1, 0.15) is 20.8 Å². The van der Waals surface area contributed by atoms with Gasteiger partial charge in [0.2, 0.25) is 5.78 Å². The van der Waals surface area contributed by atoms with Crippen molar-refractivity contribution >= 4 is 11.9 Å². The number of hydrogen-bond donors (Lipinski definition) is 1. The summed E-state index contributed by atoms with van der Waals surface area (Å²) in [5, 5.41) is 1.93. The third kappa shape index (κ3) is 6.33. The van der Waals surface area contributed by atoms with E-state index in [2.05, 4.69) is 0 Å². The largest absolute Gasteiger partial charge is 0.444 e. The van der Waals surface area contributed by atoms with E-state index >= 15 is 0 Å². The van der Waals surface area contributed by atoms with Crippen molar-refractivity contribution in [3.63, 3.8) is 0 Å². The summed E-state index contributed by atoms with van der Waals surface area (Å²) in [5.74, 6) is -1.34. The molecule has 0 atom stereocenters. The Balaban J connectivity index is 3.81. The van der Waals surface area contributed by atoms with Crippen LogP contribution < -0.4 is 5.32 Å². The van der Waals surface area contributed by atoms with Crippen molar-refractivity contribution in [3.05, 3.63) is 0 Å². The molecule has 1 amide bonds. The lowest BCUT2D eigenvalue weighted by atomic mass is 10.2. The number of alkyl halides is 2. The van der Waals surface area contributed by atoms with Gasteiger partial charge in [-0.1, -0.05) is 0 Å². The number of ketones is 1. The van der Waals surface area contributed by atoms with Gasteiger partial charge in [-0.2, -0.15) is 0 Å². The van der Waals surface area contributed by atoms with Crippen LogP contribution in [0.3, 0.4) is 0 Å². The van der Waals surface area contributed by atoms with E-state index in [9.17, 15) is 18.4 Å². The number of Topliss-reactive ketones (excluding diaryl/α,β-unsaturated/α-hetero) is 1. The first-order chi connectivity index (χ1) is 6.22. The normalized spacial score (nSPS) is 11.3. The first kappa shape index (κ1) is 12.8. The molecule has 0 aliphatic rings. The summed E-state index contributed by atoms with van der Waals surface area (Å²) in [6, 6.07) is 0. The molecule has 0 rings (SSSR count). The predicted molar refractivity (Wildman–Crippen MR) is 45.2 cm³/mol. The minimum atomic E-state index is -3.06. The molecule has 0 fully saturated rings. The lowest BCUT2D eigenvalue weighted by molar-refractivity contribution is -0.128. The van der Waals surface area contributed by atoms with Crippen molar-refractivity contribution in [1.29, 1.82) is 0 Å². The van der Waals surface area contributed by atoms with Gasteiger partial charge >= 0.3 is 6.09 Å². The topological polar surface area (TPSA) is 55.4 Å². The summed E-state index contributed by atoms with van der Waals surface area (Å²) in [4.78, 5) is 21.2. The number of halogens is 2. The smallest absolute Gasteiger partial charge is 0.408 e. The highest BCUT2D eigenvalue weighted by molar-refractivity contribution is 5.86. The molecule has 0 aromatic rings. The predicted octanol–water partition coefficient (Wildman–Crippen LogP) is 1.35. The van der Waals surface area contributed by atoms with E-state index < -0.39 is 30.4 Å². The van der Waals surface area contributed by atoms with Gasteiger partial charge in [-0.15, -0.1) is 0 Å². The fraction of sp³-hybridized carbons (Fsp3) is 0.750. The van der Waals surface area contributed by atoms with Gasteiger partial charge in [-0.05, 0) is 20.8 Å². The maximum Gasteiger partial charge on any atom is 0.408 e. The molecule has 0 spiro atoms. The molecule has 1 N–H and O–H groups in total. The molecule has 0 aliphatic heterocycles. The quantitative estimate of drug-likeness (QED) is 0.763. The van der Waals surface area contributed by atoms with Crippen molar-refractivity contribution < 1.29 is 23.1 Å². The summed E-state index contributed by atoms with van der Waals surface area (Å²) in [6.07, 6.45) is -3.95. The summed E-state index contributed by atoms with van der Waals surface area (Å²) in [7, 11) is 0. The van der Waals surface area contributed by atoms with Crippen molar-refractivity contribution in [1.82, 2.24) is 5.32 Å². The molecule has 0 unspecified atom stereocenters. The van der Waals surface area contributed by atoms with Gasteiger partial charge in [0.15, 0.2) is 0 Å². The highest BCUT2D eigenvalue weighted by Gasteiger charge is 2.19. The Morgan fingerprint density at radius 3 is 2.21 bits per heavy atom. The van der Waals surface area contributed by atoms with E-state index in [-0.39, 0.29) is 0 Å². The average molecular weight is 209 g/mol. The summed E-state index contributed by atoms with van der Waals surface area (Å²) in [6.45, 7) is 4.16. The number of alkyl carbamates (subject to hydrolysis) is 1. The minimum Gasteiger partial charge on any atom is -0.444 e. The highest BCUT2D eigenvalue weighted by Crippen LogP contribution is 2.06. The number of ether oxygens (including phenoxy) is 1. The van der Waals surface area contributed by atoms with Crippen LogP contribution in [0.4, 0.5) is 13.6 Å². The number of hydrogen-bond acceptors (Lipinski definition) is 3. The minimum absolute atomic E-state index is 0.710. The van der Waals surface area contributed by atoms with E-state index in [1.165, 1.54) is 0 Å². The Morgan fingerprint density at radius 1 is 1.36 bits per heavy atom. The molecule has 0 aromatic carbocycles. The van der Waals surface area contributed by atoms with Crippen LogP contribution in [0, 0.1) is 0 Å². The standard InChI is InChI=1S/C8H13F2NO3/c1-8(2,3)14-7(13)11-4-5(12)6(9)10/h6H,4H2,1-3H3,(H,11,13). The molecule has 0 radical (unpaired) electrons. The first-order valence-corrected chi connectivity index (χ1v) is 4.00. The van der Waals surface area contributed by atoms with Crippen LogP contribution in [0.25, 0.3) is 0 Å². The van der Waals surface area contributed by atoms with Crippen LogP contribution in [0.15, 0.2) is 0 Å². The van der Waals surface area contributed by atoms with Crippen molar-refractivity contribution in [2.24, 2.45) is 0 Å². The summed E-state index contributed by atoms with van der Waals surface area (Å²) < 4.78 is 28.1. The molecule has 0 aliphatic carbocycles. The van der Waals surface area contributed by atoms with E-state index in [4.69, 9.17) is 4.74 Å². The zero-order chi connectivity index (χ0) is 11.4. The van der Waals surface area contributed by atoms with Crippen LogP contribution in [-0.4, -0.2) is 30.4 Å². The molecule has 0 heterocycles. The van der Waals surface area contributed by atoms with Gasteiger partial charge in [-0.25, -0.2) is 13.6 Å². The number of carbonyl (C=O) groups excluding carboxylic acids is 2. The van der Waals surface area contributed by atoms with E-state index in [1.807, 2.05) is 5.32 Å². The first-order valence-electron chi connectivity index (χ1n) is 4.00. The molecule has 4 nitrogen and oxygen atoms in total. The molecule has 82 valence electrons. The Morgan fingerprint density at radius 2 is 1.86 bits per heavy atom. The number of nitrogens with one attached hydrogen (secondary N) is 1. The Labute approximate surface area is 80.6 Å². The maximum absolute atomic E-state index is 11.7. The fourth-order valence-corrected chi connectivity index (χ4v) is 0.551. The van der Waals surface area contributed by atoms with Gasteiger partial charge in [-0.3, -0.25) is 4.79 Å². The second-order valence-corrected chi connectivity index (χ2v) is 3.62. The van der Waals surface area contributed by atoms with Crippen molar-refractivity contribution in [3.8, 4) is 0 Å². The summed E-state index contributed by atoms with van der Waals surface area (Å²) in [5.41, 5.74) is -0.710. The maximum atomic E-state index is 11.7. The van der Waals surface area contributed by atoms with Gasteiger partial charge in [0.05, 0.1) is 6.54 Å². The second kappa shape index (κ2) is 4.88. The number of carbonyl (C=O) groups is 2. The average Bonchev–Trinajstić information content (AvgIpc) is 1.96. The molecule has 0 saturated heterocycles. The second-order valence-electron chi connectivity index (χ2n) is 3.62. The van der Waals surface area contributed by atoms with Gasteiger partial charge in [0.25, 0.3) is 6.43 Å². The number of amides is 1. The van der Waals surface area contributed by atoms with Crippen LogP contribution in [0.5, 0.6) is 0 Å². The van der Waals surface area contributed by atoms with E-state index in [1.54, 1.807) is 20.8 Å². The molecule has 0 bridgehead atoms. The molecule has 0 saturated carbocycles. The summed E-state index contributed by atoms with van der Waals surface area (Å²) >= 11 is 0. The molecule has 6 heteroatoms. The third-order valence-corrected chi connectivity index (χ3v) is 1.05. The van der Waals surface area contributed by atoms with Crippen LogP contribution >= 0.6 is 0 Å². The van der Waals surface area contributed by atoms with Gasteiger partial charge in [0, 0.05) is 0 Å². The van der Waals surface area contributed by atoms with Crippen LogP contribution in [-0.2, 0) is 9.53 Å². The fourth-order valence-electron chi connectivity index (χ4n) is 0.551. The Bertz CT molecular complexity index is 223. The lowest BCUT2D eigenvalue weighted by Gasteiger charge is -2.19. The third-order valence-electron chi connectivity index (χ3n) is 1.05. The zero-order valence-electron chi connectivity index (χ0n) is 8.27. The Hall–Kier alpha value is -1.20. The number of rotatable bonds is 3. The highest BCUT2D eigenvalue weighted by atomic mass is 19.3. The lowest BCUT2D eigenvalue weighted by Crippen LogP contribution is -2.37. The molecule has 0 aromatic heterocycles. The molecular formula is C8H13F2NO3. The zero-order valence-corrected chi connectivity index (χ0v) is 8.27. The van der Waals surface area contributed by atoms with Crippen molar-refractivity contribution in [2.45, 2.75) is 32.8 Å². The monoisotopic (exact) mass is 209 g/mol. The van der Waals surface area contributed by atoms with E-state index in [0.717, 1.165) is 0 Å². The van der Waals surface area contributed by atoms with Gasteiger partial charge in [0.1, 0.15) is 5.60 Å².